The van der Waals surface area contributed by atoms with E-state index in [0.717, 1.165) is 6.26 Å². The summed E-state index contributed by atoms with van der Waals surface area (Å²) in [6, 6.07) is 5.02. The van der Waals surface area contributed by atoms with Crippen molar-refractivity contribution in [1.82, 2.24) is 4.90 Å². The van der Waals surface area contributed by atoms with Crippen LogP contribution in [0.15, 0.2) is 18.2 Å². The molecule has 28 heavy (non-hydrogen) atoms. The van der Waals surface area contributed by atoms with Gasteiger partial charge in [-0.2, -0.15) is 8.42 Å². The molecule has 7 nitrogen and oxygen atoms in total. The molecular formula is C18H25Cl2NO6S. The molecule has 2 rings (SSSR count). The van der Waals surface area contributed by atoms with Gasteiger partial charge in [-0.1, -0.05) is 50.0 Å². The molecule has 158 valence electrons. The molecule has 1 saturated heterocycles. The number of carbonyl (C=O) groups is 1. The van der Waals surface area contributed by atoms with E-state index < -0.39 is 34.3 Å². The lowest BCUT2D eigenvalue weighted by molar-refractivity contribution is -0.0812. The van der Waals surface area contributed by atoms with Crippen LogP contribution in [0.3, 0.4) is 0 Å². The van der Waals surface area contributed by atoms with E-state index in [1.165, 1.54) is 4.90 Å². The Kier molecular flexibility index (Phi) is 7.26. The predicted molar refractivity (Wildman–Crippen MR) is 107 cm³/mol. The van der Waals surface area contributed by atoms with Gasteiger partial charge in [-0.3, -0.25) is 4.18 Å². The molecule has 1 fully saturated rings. The lowest BCUT2D eigenvalue weighted by atomic mass is 9.88. The number of amides is 1. The maximum atomic E-state index is 11.7. The molecule has 0 saturated carbocycles. The summed E-state index contributed by atoms with van der Waals surface area (Å²) >= 11 is 12.2. The maximum Gasteiger partial charge on any atom is 0.407 e. The van der Waals surface area contributed by atoms with Crippen LogP contribution >= 0.6 is 23.2 Å². The first kappa shape index (κ1) is 23.2. The summed E-state index contributed by atoms with van der Waals surface area (Å²) in [5, 5.41) is 10.3. The third kappa shape index (κ3) is 6.22. The zero-order valence-electron chi connectivity index (χ0n) is 16.2. The molecule has 1 unspecified atom stereocenters. The quantitative estimate of drug-likeness (QED) is 0.690. The fourth-order valence-electron chi connectivity index (χ4n) is 3.01. The molecule has 1 N–H and O–H groups in total. The number of carboxylic acid groups (broad SMARTS) is 1. The summed E-state index contributed by atoms with van der Waals surface area (Å²) in [5.74, 6) is -0.560. The van der Waals surface area contributed by atoms with Crippen LogP contribution in [0.1, 0.15) is 32.4 Å². The number of nitrogens with zero attached hydrogens (tertiary/aromatic N) is 1. The highest BCUT2D eigenvalue weighted by Crippen LogP contribution is 2.38. The molecule has 0 spiro atoms. The van der Waals surface area contributed by atoms with E-state index in [4.69, 9.17) is 32.1 Å². The molecule has 0 aliphatic carbocycles. The monoisotopic (exact) mass is 453 g/mol. The van der Waals surface area contributed by atoms with Gasteiger partial charge in [0.1, 0.15) is 0 Å². The van der Waals surface area contributed by atoms with E-state index in [2.05, 4.69) is 0 Å². The minimum atomic E-state index is -3.70. The van der Waals surface area contributed by atoms with E-state index in [9.17, 15) is 18.3 Å². The lowest BCUT2D eigenvalue weighted by Gasteiger charge is -2.34. The van der Waals surface area contributed by atoms with Gasteiger partial charge in [-0.15, -0.1) is 0 Å². The maximum absolute atomic E-state index is 11.7. The van der Waals surface area contributed by atoms with Crippen LogP contribution in [-0.2, 0) is 19.0 Å². The first-order valence-corrected chi connectivity index (χ1v) is 11.3. The van der Waals surface area contributed by atoms with Gasteiger partial charge < -0.3 is 14.7 Å². The summed E-state index contributed by atoms with van der Waals surface area (Å²) in [6.07, 6.45) is -1.19. The van der Waals surface area contributed by atoms with Crippen molar-refractivity contribution in [3.63, 3.8) is 0 Å². The van der Waals surface area contributed by atoms with Crippen LogP contribution in [0.25, 0.3) is 0 Å². The number of hydrogen-bond donors (Lipinski definition) is 1. The molecule has 0 radical (unpaired) electrons. The van der Waals surface area contributed by atoms with Crippen molar-refractivity contribution in [3.05, 3.63) is 33.8 Å². The van der Waals surface area contributed by atoms with Crippen molar-refractivity contribution in [2.24, 2.45) is 11.3 Å². The highest BCUT2D eigenvalue weighted by Gasteiger charge is 2.40. The van der Waals surface area contributed by atoms with Gasteiger partial charge in [0, 0.05) is 12.5 Å². The van der Waals surface area contributed by atoms with Crippen molar-refractivity contribution in [2.75, 3.05) is 26.0 Å². The van der Waals surface area contributed by atoms with Crippen LogP contribution in [0.2, 0.25) is 10.0 Å². The van der Waals surface area contributed by atoms with Gasteiger partial charge >= 0.3 is 6.09 Å². The second-order valence-corrected chi connectivity index (χ2v) is 10.5. The van der Waals surface area contributed by atoms with Gasteiger partial charge in [0.2, 0.25) is 0 Å². The van der Waals surface area contributed by atoms with Crippen molar-refractivity contribution in [1.29, 1.82) is 0 Å². The highest BCUT2D eigenvalue weighted by molar-refractivity contribution is 7.85. The molecule has 1 aromatic carbocycles. The topological polar surface area (TPSA) is 93.1 Å². The third-order valence-corrected chi connectivity index (χ3v) is 5.89. The first-order valence-electron chi connectivity index (χ1n) is 8.70. The second kappa shape index (κ2) is 8.75. The summed E-state index contributed by atoms with van der Waals surface area (Å²) < 4.78 is 34.3. The average Bonchev–Trinajstić information content (AvgIpc) is 2.74. The predicted octanol–water partition coefficient (Wildman–Crippen LogP) is 4.05. The van der Waals surface area contributed by atoms with E-state index >= 15 is 0 Å². The third-order valence-electron chi connectivity index (χ3n) is 4.58. The minimum Gasteiger partial charge on any atom is -0.465 e. The summed E-state index contributed by atoms with van der Waals surface area (Å²) in [7, 11) is -3.70. The molecule has 1 aliphatic rings. The van der Waals surface area contributed by atoms with Gasteiger partial charge in [-0.05, 0) is 23.1 Å². The molecule has 1 aliphatic heterocycles. The fourth-order valence-corrected chi connectivity index (χ4v) is 3.74. The Bertz CT molecular complexity index is 824. The van der Waals surface area contributed by atoms with Crippen molar-refractivity contribution >= 4 is 39.4 Å². The smallest absolute Gasteiger partial charge is 0.407 e. The van der Waals surface area contributed by atoms with Gasteiger partial charge in [0.05, 0.1) is 41.7 Å². The Balaban J connectivity index is 2.47. The molecule has 1 heterocycles. The summed E-state index contributed by atoms with van der Waals surface area (Å²) in [6.45, 7) is 5.86. The Morgan fingerprint density at radius 3 is 2.43 bits per heavy atom. The second-order valence-electron chi connectivity index (χ2n) is 8.02. The minimum absolute atomic E-state index is 0.0579. The first-order chi connectivity index (χ1) is 12.8. The van der Waals surface area contributed by atoms with Crippen molar-refractivity contribution in [3.8, 4) is 0 Å². The van der Waals surface area contributed by atoms with Crippen LogP contribution in [0, 0.1) is 11.3 Å². The normalized spacial score (nSPS) is 24.1. The number of ether oxygens (including phenoxy) is 1. The van der Waals surface area contributed by atoms with Crippen LogP contribution in [0.4, 0.5) is 4.79 Å². The standard InChI is InChI=1S/C18H25Cl2NO6S/c1-18(2,3)15-9-21(17(22)23)8-12(10-26-28(4,24)25)16(27-15)11-5-6-13(19)14(20)7-11/h5-7,12,15-16H,8-10H2,1-4H3,(H,22,23)/t12-,15?,16-/m0/s1. The lowest BCUT2D eigenvalue weighted by Crippen LogP contribution is -2.42. The van der Waals surface area contributed by atoms with E-state index in [-0.39, 0.29) is 25.1 Å². The fraction of sp³-hybridized carbons (Fsp3) is 0.611. The van der Waals surface area contributed by atoms with E-state index in [1.807, 2.05) is 20.8 Å². The average molecular weight is 454 g/mol. The number of rotatable bonds is 4. The molecule has 10 heteroatoms. The number of hydrogen-bond acceptors (Lipinski definition) is 5. The molecule has 1 aromatic rings. The summed E-state index contributed by atoms with van der Waals surface area (Å²) in [4.78, 5) is 13.0. The molecule has 3 atom stereocenters. The Labute approximate surface area is 175 Å². The molecule has 0 bridgehead atoms. The van der Waals surface area contributed by atoms with E-state index in [1.54, 1.807) is 18.2 Å². The Morgan fingerprint density at radius 1 is 1.29 bits per heavy atom. The SMILES string of the molecule is CC(C)(C)C1CN(C(=O)O)C[C@@H](COS(C)(=O)=O)[C@H](c2ccc(Cl)c(Cl)c2)O1. The Hall–Kier alpha value is -1.06. The van der Waals surface area contributed by atoms with Crippen molar-refractivity contribution in [2.45, 2.75) is 33.0 Å². The largest absolute Gasteiger partial charge is 0.465 e. The zero-order chi connectivity index (χ0) is 21.3. The van der Waals surface area contributed by atoms with Gasteiger partial charge in [0.25, 0.3) is 10.1 Å². The van der Waals surface area contributed by atoms with Gasteiger partial charge in [-0.25, -0.2) is 4.79 Å². The molecule has 1 amide bonds. The number of benzene rings is 1. The summed E-state index contributed by atoms with van der Waals surface area (Å²) in [5.41, 5.74) is 0.326. The highest BCUT2D eigenvalue weighted by atomic mass is 35.5. The Morgan fingerprint density at radius 2 is 1.93 bits per heavy atom. The van der Waals surface area contributed by atoms with Gasteiger partial charge in [0.15, 0.2) is 0 Å². The van der Waals surface area contributed by atoms with Crippen molar-refractivity contribution < 1.29 is 27.2 Å². The molecule has 0 aromatic heterocycles. The molecular weight excluding hydrogens is 429 g/mol. The zero-order valence-corrected chi connectivity index (χ0v) is 18.5. The van der Waals surface area contributed by atoms with E-state index in [0.29, 0.717) is 15.6 Å². The van der Waals surface area contributed by atoms with Crippen LogP contribution in [-0.4, -0.2) is 56.6 Å². The van der Waals surface area contributed by atoms with Crippen LogP contribution < -0.4 is 0 Å². The van der Waals surface area contributed by atoms with Crippen LogP contribution in [0.5, 0.6) is 0 Å². The number of halogens is 2.